The number of carbonyl (C=O) groups is 1. The molecular formula is C16H18N4O3. The van der Waals surface area contributed by atoms with Crippen molar-refractivity contribution in [2.75, 3.05) is 26.2 Å². The van der Waals surface area contributed by atoms with Gasteiger partial charge in [-0.15, -0.1) is 5.10 Å². The summed E-state index contributed by atoms with van der Waals surface area (Å²) < 4.78 is 6.46. The quantitative estimate of drug-likeness (QED) is 0.784. The molecule has 1 aromatic heterocycles. The molecule has 0 aliphatic carbocycles. The van der Waals surface area contributed by atoms with Crippen LogP contribution in [0.3, 0.4) is 0 Å². The average molecular weight is 314 g/mol. The van der Waals surface area contributed by atoms with Gasteiger partial charge >= 0.3 is 6.03 Å². The fourth-order valence-electron chi connectivity index (χ4n) is 2.08. The van der Waals surface area contributed by atoms with E-state index in [2.05, 4.69) is 10.3 Å². The van der Waals surface area contributed by atoms with E-state index in [-0.39, 0.29) is 6.03 Å². The van der Waals surface area contributed by atoms with Crippen LogP contribution in [0.4, 0.5) is 10.5 Å². The second-order valence-corrected chi connectivity index (χ2v) is 4.53. The van der Waals surface area contributed by atoms with Crippen molar-refractivity contribution in [3.8, 4) is 5.75 Å². The number of hydrogen-bond donors (Lipinski definition) is 1. The highest BCUT2D eigenvalue weighted by atomic mass is 16.5. The Morgan fingerprint density at radius 1 is 1.17 bits per heavy atom. The predicted molar refractivity (Wildman–Crippen MR) is 87.9 cm³/mol. The first-order valence-corrected chi connectivity index (χ1v) is 6.88. The molecule has 3 aromatic rings. The molecule has 7 heteroatoms. The van der Waals surface area contributed by atoms with E-state index >= 15 is 0 Å². The summed E-state index contributed by atoms with van der Waals surface area (Å²) in [6, 6.07) is 14.3. The van der Waals surface area contributed by atoms with Crippen LogP contribution < -0.4 is 9.64 Å². The van der Waals surface area contributed by atoms with E-state index in [0.29, 0.717) is 16.8 Å². The van der Waals surface area contributed by atoms with Gasteiger partial charge in [0, 0.05) is 25.9 Å². The molecule has 0 aliphatic rings. The van der Waals surface area contributed by atoms with Crippen LogP contribution in [0.15, 0.2) is 48.5 Å². The third kappa shape index (κ3) is 3.29. The van der Waals surface area contributed by atoms with Crippen LogP contribution in [-0.4, -0.2) is 47.4 Å². The molecule has 0 atom stereocenters. The molecular weight excluding hydrogens is 296 g/mol. The minimum Gasteiger partial charge on any atom is -0.497 e. The molecule has 0 saturated heterocycles. The van der Waals surface area contributed by atoms with Gasteiger partial charge in [0.05, 0.1) is 12.6 Å². The van der Waals surface area contributed by atoms with Crippen LogP contribution in [0.25, 0.3) is 11.0 Å². The van der Waals surface area contributed by atoms with Gasteiger partial charge in [0.15, 0.2) is 0 Å². The van der Waals surface area contributed by atoms with Crippen LogP contribution in [0.5, 0.6) is 5.75 Å². The number of methoxy groups -OCH3 is 1. The number of rotatable bonds is 2. The summed E-state index contributed by atoms with van der Waals surface area (Å²) in [5.41, 5.74) is 2.08. The number of aliphatic hydroxyl groups is 1. The van der Waals surface area contributed by atoms with Crippen LogP contribution in [0, 0.1) is 0 Å². The van der Waals surface area contributed by atoms with Crippen LogP contribution in [0.2, 0.25) is 0 Å². The third-order valence-corrected chi connectivity index (χ3v) is 3.26. The maximum absolute atomic E-state index is 12.6. The Hall–Kier alpha value is -2.93. The van der Waals surface area contributed by atoms with Crippen molar-refractivity contribution in [1.29, 1.82) is 0 Å². The summed E-state index contributed by atoms with van der Waals surface area (Å²) in [6.45, 7) is 0. The lowest BCUT2D eigenvalue weighted by Crippen LogP contribution is -2.31. The van der Waals surface area contributed by atoms with Crippen LogP contribution in [-0.2, 0) is 0 Å². The van der Waals surface area contributed by atoms with Gasteiger partial charge in [-0.3, -0.25) is 4.90 Å². The normalized spacial score (nSPS) is 9.91. The van der Waals surface area contributed by atoms with Crippen molar-refractivity contribution in [3.05, 3.63) is 48.5 Å². The monoisotopic (exact) mass is 314 g/mol. The maximum atomic E-state index is 12.6. The first kappa shape index (κ1) is 16.4. The van der Waals surface area contributed by atoms with Gasteiger partial charge in [0.25, 0.3) is 0 Å². The molecule has 0 saturated carbocycles. The van der Waals surface area contributed by atoms with E-state index in [1.165, 1.54) is 9.58 Å². The van der Waals surface area contributed by atoms with E-state index in [1.54, 1.807) is 20.2 Å². The fourth-order valence-corrected chi connectivity index (χ4v) is 2.08. The highest BCUT2D eigenvalue weighted by Crippen LogP contribution is 2.21. The number of hydrogen-bond acceptors (Lipinski definition) is 5. The second-order valence-electron chi connectivity index (χ2n) is 4.53. The van der Waals surface area contributed by atoms with E-state index in [1.807, 2.05) is 42.5 Å². The molecule has 0 aliphatic heterocycles. The number of para-hydroxylation sites is 1. The molecule has 0 unspecified atom stereocenters. The predicted octanol–water partition coefficient (Wildman–Crippen LogP) is 2.15. The summed E-state index contributed by atoms with van der Waals surface area (Å²) in [5, 5.41) is 14.9. The third-order valence-electron chi connectivity index (χ3n) is 3.26. The Bertz CT molecular complexity index is 801. The molecule has 1 N–H and O–H groups in total. The fraction of sp³-hybridized carbons (Fsp3) is 0.188. The summed E-state index contributed by atoms with van der Waals surface area (Å²) >= 11 is 0. The van der Waals surface area contributed by atoms with Gasteiger partial charge in [0.2, 0.25) is 0 Å². The number of anilines is 1. The number of benzene rings is 2. The first-order chi connectivity index (χ1) is 11.2. The van der Waals surface area contributed by atoms with Crippen LogP contribution in [0.1, 0.15) is 0 Å². The van der Waals surface area contributed by atoms with E-state index in [9.17, 15) is 4.79 Å². The first-order valence-electron chi connectivity index (χ1n) is 6.88. The molecule has 0 radical (unpaired) electrons. The Balaban J connectivity index is 0.000000924. The number of aromatic nitrogens is 3. The zero-order valence-electron chi connectivity index (χ0n) is 13.2. The molecule has 23 heavy (non-hydrogen) atoms. The highest BCUT2D eigenvalue weighted by molar-refractivity contribution is 5.97. The number of carbonyl (C=O) groups excluding carboxylic acids is 1. The van der Waals surface area contributed by atoms with Crippen molar-refractivity contribution in [2.45, 2.75) is 0 Å². The zero-order valence-corrected chi connectivity index (χ0v) is 13.2. The van der Waals surface area contributed by atoms with Gasteiger partial charge < -0.3 is 9.84 Å². The van der Waals surface area contributed by atoms with E-state index < -0.39 is 0 Å². The average Bonchev–Trinajstić information content (AvgIpc) is 3.06. The van der Waals surface area contributed by atoms with E-state index in [0.717, 1.165) is 12.8 Å². The molecule has 3 rings (SSSR count). The Labute approximate surface area is 133 Å². The van der Waals surface area contributed by atoms with Crippen LogP contribution >= 0.6 is 0 Å². The smallest absolute Gasteiger partial charge is 0.350 e. The molecule has 0 fully saturated rings. The van der Waals surface area contributed by atoms with Gasteiger partial charge in [-0.25, -0.2) is 4.79 Å². The number of nitrogens with zero attached hydrogens (tertiary/aromatic N) is 4. The molecule has 0 bridgehead atoms. The number of fused-ring (bicyclic) bond motifs is 1. The van der Waals surface area contributed by atoms with Crippen molar-refractivity contribution < 1.29 is 14.6 Å². The summed E-state index contributed by atoms with van der Waals surface area (Å²) in [7, 11) is 4.28. The Morgan fingerprint density at radius 2 is 1.91 bits per heavy atom. The Kier molecular flexibility index (Phi) is 5.27. The molecule has 1 amide bonds. The molecule has 7 nitrogen and oxygen atoms in total. The number of aliphatic hydroxyl groups excluding tert-OH is 1. The minimum atomic E-state index is -0.281. The van der Waals surface area contributed by atoms with Crippen molar-refractivity contribution in [3.63, 3.8) is 0 Å². The lowest BCUT2D eigenvalue weighted by atomic mass is 10.3. The summed E-state index contributed by atoms with van der Waals surface area (Å²) in [4.78, 5) is 14.1. The van der Waals surface area contributed by atoms with E-state index in [4.69, 9.17) is 9.84 Å². The van der Waals surface area contributed by atoms with Gasteiger partial charge in [-0.05, 0) is 24.3 Å². The van der Waals surface area contributed by atoms with Crippen molar-refractivity contribution in [1.82, 2.24) is 15.0 Å². The van der Waals surface area contributed by atoms with Gasteiger partial charge in [-0.1, -0.05) is 23.4 Å². The van der Waals surface area contributed by atoms with Gasteiger partial charge in [-0.2, -0.15) is 4.68 Å². The SMILES string of the molecule is CO.COc1cccc(N(C)C(=O)n2nnc3ccccc32)c1. The van der Waals surface area contributed by atoms with Gasteiger partial charge in [0.1, 0.15) is 11.3 Å². The highest BCUT2D eigenvalue weighted by Gasteiger charge is 2.17. The standard InChI is InChI=1S/C15H14N4O2.CH4O/c1-18(11-6-5-7-12(10-11)21-2)15(20)19-14-9-4-3-8-13(14)16-17-19;1-2/h3-10H,1-2H3;2H,1H3. The number of ether oxygens (including phenoxy) is 1. The lowest BCUT2D eigenvalue weighted by molar-refractivity contribution is 0.246. The zero-order chi connectivity index (χ0) is 16.8. The summed E-state index contributed by atoms with van der Waals surface area (Å²) in [5.74, 6) is 0.690. The van der Waals surface area contributed by atoms with Crippen molar-refractivity contribution in [2.24, 2.45) is 0 Å². The molecule has 2 aromatic carbocycles. The number of amides is 1. The largest absolute Gasteiger partial charge is 0.497 e. The lowest BCUT2D eigenvalue weighted by Gasteiger charge is -2.17. The minimum absolute atomic E-state index is 0.281. The molecule has 0 spiro atoms. The summed E-state index contributed by atoms with van der Waals surface area (Å²) in [6.07, 6.45) is 0. The maximum Gasteiger partial charge on any atom is 0.350 e. The molecule has 1 heterocycles. The second kappa shape index (κ2) is 7.37. The Morgan fingerprint density at radius 3 is 2.65 bits per heavy atom. The molecule has 120 valence electrons. The topological polar surface area (TPSA) is 80.5 Å². The van der Waals surface area contributed by atoms with Crippen molar-refractivity contribution >= 4 is 22.8 Å².